The second-order valence-corrected chi connectivity index (χ2v) is 14.5. The Morgan fingerprint density at radius 3 is 1.55 bits per heavy atom. The summed E-state index contributed by atoms with van der Waals surface area (Å²) in [5.41, 5.74) is 15.1. The molecular weight excluding hydrogens is 709 g/mol. The highest BCUT2D eigenvalue weighted by Gasteiger charge is 2.19. The zero-order chi connectivity index (χ0) is 38.4. The van der Waals surface area contributed by atoms with Crippen molar-refractivity contribution >= 4 is 33.1 Å². The van der Waals surface area contributed by atoms with E-state index in [2.05, 4.69) is 162 Å². The van der Waals surface area contributed by atoms with Crippen molar-refractivity contribution in [3.05, 3.63) is 206 Å². The van der Waals surface area contributed by atoms with Crippen LogP contribution < -0.4 is 0 Å². The molecule has 0 aliphatic carbocycles. The summed E-state index contributed by atoms with van der Waals surface area (Å²) in [5.74, 6) is 1.54. The first kappa shape index (κ1) is 33.4. The fourth-order valence-electron chi connectivity index (χ4n) is 8.05. The molecule has 0 N–H and O–H groups in total. The molecule has 8 aromatic carbocycles. The molecule has 0 fully saturated rings. The van der Waals surface area contributed by atoms with E-state index in [1.165, 1.54) is 0 Å². The summed E-state index contributed by atoms with van der Waals surface area (Å²) in [6.45, 7) is 0. The van der Waals surface area contributed by atoms with Crippen molar-refractivity contribution in [1.82, 2.24) is 19.5 Å². The number of nitrogens with zero attached hydrogens (tertiary/aromatic N) is 4. The number of furan rings is 1. The summed E-state index contributed by atoms with van der Waals surface area (Å²) >= 11 is 0. The molecule has 0 bridgehead atoms. The predicted molar refractivity (Wildman–Crippen MR) is 237 cm³/mol. The van der Waals surface area contributed by atoms with E-state index in [1.54, 1.807) is 0 Å². The van der Waals surface area contributed by atoms with Crippen LogP contribution in [0, 0.1) is 0 Å². The van der Waals surface area contributed by atoms with E-state index in [0.29, 0.717) is 11.5 Å². The average molecular weight is 743 g/mol. The summed E-state index contributed by atoms with van der Waals surface area (Å²) in [6, 6.07) is 71.7. The van der Waals surface area contributed by atoms with Crippen LogP contribution in [0.2, 0.25) is 0 Å². The van der Waals surface area contributed by atoms with E-state index in [1.807, 2.05) is 48.5 Å². The van der Waals surface area contributed by atoms with Crippen molar-refractivity contribution in [3.8, 4) is 73.1 Å². The normalized spacial score (nSPS) is 11.4. The van der Waals surface area contributed by atoms with Gasteiger partial charge in [0.1, 0.15) is 11.4 Å². The summed E-state index contributed by atoms with van der Waals surface area (Å²) in [6.07, 6.45) is 0. The maximum Gasteiger partial charge on any atom is 0.231 e. The Morgan fingerprint density at radius 2 is 0.879 bits per heavy atom. The van der Waals surface area contributed by atoms with Gasteiger partial charge in [-0.15, -0.1) is 0 Å². The minimum atomic E-state index is 0.581. The molecule has 0 saturated heterocycles. The van der Waals surface area contributed by atoms with Crippen LogP contribution in [0.1, 0.15) is 0 Å². The third-order valence-electron chi connectivity index (χ3n) is 10.8. The lowest BCUT2D eigenvalue weighted by molar-refractivity contribution is 0.653. The topological polar surface area (TPSA) is 56.7 Å². The minimum Gasteiger partial charge on any atom is -0.438 e. The number of benzene rings is 8. The van der Waals surface area contributed by atoms with Crippen molar-refractivity contribution in [2.75, 3.05) is 0 Å². The molecule has 0 unspecified atom stereocenters. The van der Waals surface area contributed by atoms with Gasteiger partial charge < -0.3 is 4.42 Å². The molecule has 3 aromatic heterocycles. The number of hydrogen-bond acceptors (Lipinski definition) is 4. The Labute approximate surface area is 335 Å². The van der Waals surface area contributed by atoms with Gasteiger partial charge in [-0.1, -0.05) is 152 Å². The maximum absolute atomic E-state index is 6.31. The summed E-state index contributed by atoms with van der Waals surface area (Å²) < 4.78 is 8.55. The molecule has 272 valence electrons. The van der Waals surface area contributed by atoms with Gasteiger partial charge in [0, 0.05) is 27.8 Å². The van der Waals surface area contributed by atoms with Crippen molar-refractivity contribution in [2.24, 2.45) is 0 Å². The quantitative estimate of drug-likeness (QED) is 0.163. The van der Waals surface area contributed by atoms with Gasteiger partial charge in [-0.05, 0) is 88.0 Å². The van der Waals surface area contributed by atoms with Gasteiger partial charge in [0.05, 0.1) is 22.1 Å². The van der Waals surface area contributed by atoms with Crippen LogP contribution in [0.3, 0.4) is 0 Å². The highest BCUT2D eigenvalue weighted by atomic mass is 16.3. The molecule has 0 spiro atoms. The molecule has 11 aromatic rings. The van der Waals surface area contributed by atoms with E-state index in [9.17, 15) is 0 Å². The van der Waals surface area contributed by atoms with Gasteiger partial charge >= 0.3 is 0 Å². The van der Waals surface area contributed by atoms with E-state index in [-0.39, 0.29) is 0 Å². The lowest BCUT2D eigenvalue weighted by Crippen LogP contribution is -1.97. The molecule has 0 atom stereocenters. The molecule has 3 heterocycles. The zero-order valence-corrected chi connectivity index (χ0v) is 31.3. The van der Waals surface area contributed by atoms with Gasteiger partial charge in [0.2, 0.25) is 5.71 Å². The third-order valence-corrected chi connectivity index (χ3v) is 10.8. The predicted octanol–water partition coefficient (Wildman–Crippen LogP) is 13.7. The Bertz CT molecular complexity index is 3290. The van der Waals surface area contributed by atoms with Crippen LogP contribution in [0.15, 0.2) is 211 Å². The molecular formula is C53H34N4O. The zero-order valence-electron chi connectivity index (χ0n) is 31.3. The van der Waals surface area contributed by atoms with Gasteiger partial charge in [-0.3, -0.25) is 4.57 Å². The van der Waals surface area contributed by atoms with Gasteiger partial charge in [-0.2, -0.15) is 4.98 Å². The van der Waals surface area contributed by atoms with Crippen molar-refractivity contribution in [1.29, 1.82) is 0 Å². The molecule has 58 heavy (non-hydrogen) atoms. The van der Waals surface area contributed by atoms with Gasteiger partial charge in [-0.25, -0.2) is 9.97 Å². The molecule has 0 aliphatic heterocycles. The van der Waals surface area contributed by atoms with Gasteiger partial charge in [0.15, 0.2) is 5.82 Å². The highest BCUT2D eigenvalue weighted by molar-refractivity contribution is 6.10. The maximum atomic E-state index is 6.31. The Balaban J connectivity index is 0.944. The summed E-state index contributed by atoms with van der Waals surface area (Å²) in [5, 5.41) is 1.93. The molecule has 0 saturated carbocycles. The van der Waals surface area contributed by atoms with E-state index < -0.39 is 0 Å². The lowest BCUT2D eigenvalue weighted by atomic mass is 9.95. The van der Waals surface area contributed by atoms with Crippen molar-refractivity contribution in [2.45, 2.75) is 0 Å². The molecule has 11 rings (SSSR count). The van der Waals surface area contributed by atoms with Crippen LogP contribution in [0.25, 0.3) is 106 Å². The SMILES string of the molecule is c1ccc(-c2nc(-c3cccc(-c4cccc(-c5cccc(-c6cccc(-c7nc8ccccc8n7-c7ccccc7)c6)c5)c4)c3)nc3oc4ccccc4c23)cc1. The van der Waals surface area contributed by atoms with Crippen LogP contribution in [0.4, 0.5) is 0 Å². The van der Waals surface area contributed by atoms with E-state index >= 15 is 0 Å². The van der Waals surface area contributed by atoms with E-state index in [0.717, 1.165) is 94.7 Å². The molecule has 5 nitrogen and oxygen atoms in total. The fourth-order valence-corrected chi connectivity index (χ4v) is 8.05. The number of imidazole rings is 1. The van der Waals surface area contributed by atoms with E-state index in [4.69, 9.17) is 19.4 Å². The Morgan fingerprint density at radius 1 is 0.379 bits per heavy atom. The number of fused-ring (bicyclic) bond motifs is 4. The number of hydrogen-bond donors (Lipinski definition) is 0. The van der Waals surface area contributed by atoms with Crippen molar-refractivity contribution < 1.29 is 4.42 Å². The Kier molecular flexibility index (Phi) is 8.07. The highest BCUT2D eigenvalue weighted by Crippen LogP contribution is 2.38. The number of para-hydroxylation sites is 4. The molecule has 0 aliphatic rings. The minimum absolute atomic E-state index is 0.581. The smallest absolute Gasteiger partial charge is 0.231 e. The first-order chi connectivity index (χ1) is 28.7. The first-order valence-corrected chi connectivity index (χ1v) is 19.4. The van der Waals surface area contributed by atoms with Crippen LogP contribution in [-0.2, 0) is 0 Å². The van der Waals surface area contributed by atoms with Crippen LogP contribution >= 0.6 is 0 Å². The van der Waals surface area contributed by atoms with Crippen molar-refractivity contribution in [3.63, 3.8) is 0 Å². The first-order valence-electron chi connectivity index (χ1n) is 19.4. The fraction of sp³-hybridized carbons (Fsp3) is 0. The standard InChI is InChI=1S/C53H34N4O/c1-3-15-35(16-4-1)50-49-45-27-7-10-30-48(45)58-53(49)56-51(55-50)42-23-13-21-40(33-42)38-19-11-17-36(31-38)37-18-12-20-39(32-37)41-22-14-24-43(34-41)52-54-46-28-8-9-29-47(46)57(52)44-25-5-2-6-26-44/h1-34H. The average Bonchev–Trinajstić information content (AvgIpc) is 3.89. The summed E-state index contributed by atoms with van der Waals surface area (Å²) in [7, 11) is 0. The molecule has 0 radical (unpaired) electrons. The summed E-state index contributed by atoms with van der Waals surface area (Å²) in [4.78, 5) is 15.3. The third kappa shape index (κ3) is 5.94. The van der Waals surface area contributed by atoms with Crippen LogP contribution in [0.5, 0.6) is 0 Å². The number of aromatic nitrogens is 4. The monoisotopic (exact) mass is 742 g/mol. The van der Waals surface area contributed by atoms with Gasteiger partial charge in [0.25, 0.3) is 0 Å². The van der Waals surface area contributed by atoms with Crippen LogP contribution in [-0.4, -0.2) is 19.5 Å². The molecule has 0 amide bonds. The molecule has 5 heteroatoms. The second-order valence-electron chi connectivity index (χ2n) is 14.5. The number of rotatable bonds is 7. The largest absolute Gasteiger partial charge is 0.438 e. The second kappa shape index (κ2) is 14.0. The lowest BCUT2D eigenvalue weighted by Gasteiger charge is -2.12. The Hall–Kier alpha value is -7.89.